The molecule has 0 heterocycles. The topological polar surface area (TPSA) is 111 Å². The number of carbonyl (C=O) groups excluding carboxylic acids is 3. The van der Waals surface area contributed by atoms with Crippen molar-refractivity contribution in [3.05, 3.63) is 46.0 Å². The molecule has 0 aliphatic carbocycles. The third kappa shape index (κ3) is 8.04. The second-order valence-corrected chi connectivity index (χ2v) is 8.11. The summed E-state index contributed by atoms with van der Waals surface area (Å²) in [5, 5.41) is 13.0. The largest absolute Gasteiger partial charge is 0.507 e. The lowest BCUT2D eigenvalue weighted by molar-refractivity contribution is -0.150. The number of phenols is 1. The molecule has 0 spiro atoms. The molecule has 0 aromatic heterocycles. The lowest BCUT2D eigenvalue weighted by Crippen LogP contribution is -2.24. The van der Waals surface area contributed by atoms with Crippen molar-refractivity contribution in [1.82, 2.24) is 0 Å². The van der Waals surface area contributed by atoms with Crippen LogP contribution in [0.25, 0.3) is 0 Å². The summed E-state index contributed by atoms with van der Waals surface area (Å²) in [6, 6.07) is 5.60. The molecule has 2 aromatic rings. The van der Waals surface area contributed by atoms with Gasteiger partial charge in [0.05, 0.1) is 30.9 Å². The van der Waals surface area contributed by atoms with Gasteiger partial charge in [0.25, 0.3) is 0 Å². The lowest BCUT2D eigenvalue weighted by atomic mass is 10.0. The molecule has 0 radical (unpaired) electrons. The number of aromatic hydroxyl groups is 1. The second kappa shape index (κ2) is 12.5. The van der Waals surface area contributed by atoms with E-state index in [0.717, 1.165) is 7.11 Å². The summed E-state index contributed by atoms with van der Waals surface area (Å²) in [6.45, 7) is 2.97. The van der Waals surface area contributed by atoms with Crippen LogP contribution in [0.1, 0.15) is 41.3 Å². The minimum atomic E-state index is -4.45. The average molecular weight is 532 g/mol. The predicted octanol–water partition coefficient (Wildman–Crippen LogP) is 5.01. The van der Waals surface area contributed by atoms with Crippen molar-refractivity contribution >= 4 is 34.9 Å². The van der Waals surface area contributed by atoms with Crippen LogP contribution in [0.5, 0.6) is 17.2 Å². The zero-order valence-corrected chi connectivity index (χ0v) is 20.5. The van der Waals surface area contributed by atoms with E-state index in [-0.39, 0.29) is 53.0 Å². The number of ketones is 1. The molecular weight excluding hydrogens is 507 g/mol. The fourth-order valence-electron chi connectivity index (χ4n) is 3.13. The highest BCUT2D eigenvalue weighted by Crippen LogP contribution is 2.35. The first-order valence-corrected chi connectivity index (χ1v) is 11.1. The van der Waals surface area contributed by atoms with E-state index >= 15 is 0 Å². The summed E-state index contributed by atoms with van der Waals surface area (Å²) in [5.74, 6) is -2.81. The SMILES string of the molecule is COC(=O)C(=O)Nc1cc(OCCCOc2ccc(C(C)=O)c(O)c2CCC(F)(F)F)c(Cl)cc1C. The molecule has 0 aliphatic heterocycles. The van der Waals surface area contributed by atoms with Crippen LogP contribution in [0, 0.1) is 6.92 Å². The van der Waals surface area contributed by atoms with E-state index in [0.29, 0.717) is 5.56 Å². The smallest absolute Gasteiger partial charge is 0.396 e. The summed E-state index contributed by atoms with van der Waals surface area (Å²) < 4.78 is 53.7. The van der Waals surface area contributed by atoms with Gasteiger partial charge in [0.15, 0.2) is 5.78 Å². The summed E-state index contributed by atoms with van der Waals surface area (Å²) in [4.78, 5) is 34.7. The average Bonchev–Trinajstić information content (AvgIpc) is 2.79. The Hall–Kier alpha value is -3.47. The highest BCUT2D eigenvalue weighted by Gasteiger charge is 2.29. The van der Waals surface area contributed by atoms with Crippen molar-refractivity contribution in [2.45, 2.75) is 39.3 Å². The molecule has 0 bridgehead atoms. The number of ether oxygens (including phenoxy) is 3. The van der Waals surface area contributed by atoms with Gasteiger partial charge in [-0.15, -0.1) is 0 Å². The Morgan fingerprint density at radius 1 is 1.08 bits per heavy atom. The number of esters is 1. The minimum Gasteiger partial charge on any atom is -0.507 e. The lowest BCUT2D eigenvalue weighted by Gasteiger charge is -2.16. The molecule has 2 rings (SSSR count). The van der Waals surface area contributed by atoms with Crippen LogP contribution in [0.4, 0.5) is 18.9 Å². The quantitative estimate of drug-likeness (QED) is 0.192. The third-order valence-electron chi connectivity index (χ3n) is 4.98. The number of hydrogen-bond acceptors (Lipinski definition) is 7. The van der Waals surface area contributed by atoms with Gasteiger partial charge in [-0.1, -0.05) is 11.6 Å². The van der Waals surface area contributed by atoms with Crippen molar-refractivity contribution in [1.29, 1.82) is 0 Å². The van der Waals surface area contributed by atoms with Gasteiger partial charge in [-0.25, -0.2) is 4.79 Å². The number of rotatable bonds is 10. The number of alkyl halides is 3. The van der Waals surface area contributed by atoms with Crippen molar-refractivity contribution in [3.8, 4) is 17.2 Å². The van der Waals surface area contributed by atoms with Crippen LogP contribution in [0.2, 0.25) is 5.02 Å². The Bertz CT molecular complexity index is 1140. The monoisotopic (exact) mass is 531 g/mol. The zero-order chi connectivity index (χ0) is 27.0. The van der Waals surface area contributed by atoms with Crippen LogP contribution in [0.15, 0.2) is 24.3 Å². The number of phenolic OH excluding ortho intramolecular Hbond substituents is 1. The Labute approximate surface area is 210 Å². The van der Waals surface area contributed by atoms with E-state index in [2.05, 4.69) is 10.1 Å². The number of aryl methyl sites for hydroxylation is 1. The van der Waals surface area contributed by atoms with Crippen LogP contribution >= 0.6 is 11.6 Å². The van der Waals surface area contributed by atoms with Crippen LogP contribution in [-0.2, 0) is 20.7 Å². The van der Waals surface area contributed by atoms with E-state index in [9.17, 15) is 32.7 Å². The molecular formula is C24H25ClF3NO7. The van der Waals surface area contributed by atoms with Gasteiger partial charge in [0.2, 0.25) is 0 Å². The van der Waals surface area contributed by atoms with Crippen LogP contribution in [-0.4, -0.2) is 49.3 Å². The number of anilines is 1. The van der Waals surface area contributed by atoms with Gasteiger partial charge in [0.1, 0.15) is 17.2 Å². The number of Topliss-reactive ketones (excluding diaryl/α,β-unsaturated/α-hetero) is 1. The van der Waals surface area contributed by atoms with Crippen molar-refractivity contribution in [3.63, 3.8) is 0 Å². The molecule has 0 aliphatic rings. The number of carbonyl (C=O) groups is 3. The van der Waals surface area contributed by atoms with Crippen LogP contribution in [0.3, 0.4) is 0 Å². The Balaban J connectivity index is 2.03. The molecule has 0 fully saturated rings. The predicted molar refractivity (Wildman–Crippen MR) is 125 cm³/mol. The van der Waals surface area contributed by atoms with Gasteiger partial charge in [-0.05, 0) is 44.0 Å². The Morgan fingerprint density at radius 2 is 1.72 bits per heavy atom. The third-order valence-corrected chi connectivity index (χ3v) is 5.27. The Morgan fingerprint density at radius 3 is 2.31 bits per heavy atom. The molecule has 2 aromatic carbocycles. The fourth-order valence-corrected chi connectivity index (χ4v) is 3.41. The van der Waals surface area contributed by atoms with E-state index < -0.39 is 42.4 Å². The molecule has 12 heteroatoms. The molecule has 2 N–H and O–H groups in total. The maximum atomic E-state index is 12.7. The van der Waals surface area contributed by atoms with E-state index in [1.807, 2.05) is 0 Å². The number of hydrogen-bond donors (Lipinski definition) is 2. The van der Waals surface area contributed by atoms with E-state index in [1.165, 1.54) is 31.2 Å². The maximum Gasteiger partial charge on any atom is 0.396 e. The summed E-state index contributed by atoms with van der Waals surface area (Å²) >= 11 is 6.18. The highest BCUT2D eigenvalue weighted by atomic mass is 35.5. The minimum absolute atomic E-state index is 0.0211. The first kappa shape index (κ1) is 28.8. The molecule has 196 valence electrons. The summed E-state index contributed by atoms with van der Waals surface area (Å²) in [7, 11) is 1.07. The molecule has 8 nitrogen and oxygen atoms in total. The summed E-state index contributed by atoms with van der Waals surface area (Å²) in [5.41, 5.74) is 0.671. The van der Waals surface area contributed by atoms with Gasteiger partial charge in [-0.2, -0.15) is 13.2 Å². The van der Waals surface area contributed by atoms with Gasteiger partial charge < -0.3 is 24.6 Å². The number of amides is 1. The van der Waals surface area contributed by atoms with Crippen molar-refractivity contribution in [2.75, 3.05) is 25.6 Å². The van der Waals surface area contributed by atoms with Crippen molar-refractivity contribution < 1.29 is 46.9 Å². The Kier molecular flexibility index (Phi) is 9.97. The molecule has 36 heavy (non-hydrogen) atoms. The molecule has 0 unspecified atom stereocenters. The van der Waals surface area contributed by atoms with Gasteiger partial charge in [0, 0.05) is 30.2 Å². The first-order valence-electron chi connectivity index (χ1n) is 10.7. The number of nitrogens with one attached hydrogen (secondary N) is 1. The first-order chi connectivity index (χ1) is 16.8. The molecule has 0 saturated heterocycles. The number of benzene rings is 2. The normalized spacial score (nSPS) is 11.1. The second-order valence-electron chi connectivity index (χ2n) is 7.70. The highest BCUT2D eigenvalue weighted by molar-refractivity contribution is 6.37. The molecule has 0 atom stereocenters. The zero-order valence-electron chi connectivity index (χ0n) is 19.8. The number of methoxy groups -OCH3 is 1. The number of halogens is 4. The van der Waals surface area contributed by atoms with Crippen LogP contribution < -0.4 is 14.8 Å². The fraction of sp³-hybridized carbons (Fsp3) is 0.375. The van der Waals surface area contributed by atoms with Crippen molar-refractivity contribution in [2.24, 2.45) is 0 Å². The molecule has 0 saturated carbocycles. The van der Waals surface area contributed by atoms with E-state index in [1.54, 1.807) is 6.92 Å². The maximum absolute atomic E-state index is 12.7. The van der Waals surface area contributed by atoms with Gasteiger partial charge in [-0.3, -0.25) is 9.59 Å². The van der Waals surface area contributed by atoms with Gasteiger partial charge >= 0.3 is 18.1 Å². The summed E-state index contributed by atoms with van der Waals surface area (Å²) in [6.07, 6.45) is -5.92. The molecule has 1 amide bonds. The van der Waals surface area contributed by atoms with E-state index in [4.69, 9.17) is 21.1 Å². The standard InChI is InChI=1S/C24H25ClF3NO7/c1-13-11-17(25)20(12-18(13)29-22(32)23(33)34-3)36-10-4-9-35-19-6-5-15(14(2)30)21(31)16(19)7-8-24(26,27)28/h5-6,11-12,31H,4,7-10H2,1-3H3,(H,29,32).